The normalized spacial score (nSPS) is 17.1. The Balaban J connectivity index is 2.53. The van der Waals surface area contributed by atoms with Crippen LogP contribution in [0.2, 0.25) is 0 Å². The monoisotopic (exact) mass is 142 g/mol. The Kier molecular flexibility index (Phi) is 2.28. The van der Waals surface area contributed by atoms with Gasteiger partial charge < -0.3 is 4.74 Å². The zero-order chi connectivity index (χ0) is 7.40. The van der Waals surface area contributed by atoms with Crippen LogP contribution in [0.3, 0.4) is 0 Å². The minimum absolute atomic E-state index is 0.341. The summed E-state index contributed by atoms with van der Waals surface area (Å²) in [6.45, 7) is 0.610. The van der Waals surface area contributed by atoms with Crippen molar-refractivity contribution < 1.29 is 9.53 Å². The van der Waals surface area contributed by atoms with E-state index < -0.39 is 0 Å². The number of carbonyl (C=O) groups is 1. The van der Waals surface area contributed by atoms with Crippen molar-refractivity contribution in [2.45, 2.75) is 12.8 Å². The van der Waals surface area contributed by atoms with Gasteiger partial charge >= 0.3 is 0 Å². The van der Waals surface area contributed by atoms with Crippen molar-refractivity contribution in [3.63, 3.8) is 0 Å². The SMILES string of the molecule is NNC(=O)C1=CCCCO1. The molecule has 56 valence electrons. The van der Waals surface area contributed by atoms with Gasteiger partial charge in [-0.15, -0.1) is 0 Å². The Hall–Kier alpha value is -1.03. The highest BCUT2D eigenvalue weighted by atomic mass is 16.5. The molecule has 0 aliphatic carbocycles. The third-order valence-corrected chi connectivity index (χ3v) is 1.29. The third-order valence-electron chi connectivity index (χ3n) is 1.29. The summed E-state index contributed by atoms with van der Waals surface area (Å²) in [5.41, 5.74) is 2.00. The van der Waals surface area contributed by atoms with Crippen LogP contribution in [0.4, 0.5) is 0 Å². The van der Waals surface area contributed by atoms with Gasteiger partial charge in [0.15, 0.2) is 5.76 Å². The molecule has 0 bridgehead atoms. The van der Waals surface area contributed by atoms with Gasteiger partial charge in [-0.3, -0.25) is 10.2 Å². The van der Waals surface area contributed by atoms with Crippen LogP contribution in [-0.4, -0.2) is 12.5 Å². The van der Waals surface area contributed by atoms with Crippen LogP contribution in [0.25, 0.3) is 0 Å². The lowest BCUT2D eigenvalue weighted by Crippen LogP contribution is -2.32. The van der Waals surface area contributed by atoms with Gasteiger partial charge in [-0.2, -0.15) is 0 Å². The highest BCUT2D eigenvalue weighted by Gasteiger charge is 2.10. The number of allylic oxidation sites excluding steroid dienone is 1. The van der Waals surface area contributed by atoms with Crippen LogP contribution in [0.5, 0.6) is 0 Å². The summed E-state index contributed by atoms with van der Waals surface area (Å²) < 4.78 is 5.00. The van der Waals surface area contributed by atoms with Crippen LogP contribution in [0.15, 0.2) is 11.8 Å². The van der Waals surface area contributed by atoms with E-state index in [4.69, 9.17) is 10.6 Å². The average molecular weight is 142 g/mol. The molecule has 0 saturated carbocycles. The van der Waals surface area contributed by atoms with Gasteiger partial charge in [0.2, 0.25) is 0 Å². The van der Waals surface area contributed by atoms with Gasteiger partial charge in [-0.1, -0.05) is 0 Å². The van der Waals surface area contributed by atoms with E-state index in [1.807, 2.05) is 5.43 Å². The summed E-state index contributed by atoms with van der Waals surface area (Å²) in [4.78, 5) is 10.7. The van der Waals surface area contributed by atoms with Crippen molar-refractivity contribution in [3.8, 4) is 0 Å². The summed E-state index contributed by atoms with van der Waals surface area (Å²) >= 11 is 0. The van der Waals surface area contributed by atoms with Crippen molar-refractivity contribution in [2.24, 2.45) is 5.84 Å². The molecule has 0 aromatic heterocycles. The van der Waals surface area contributed by atoms with E-state index in [9.17, 15) is 4.79 Å². The lowest BCUT2D eigenvalue weighted by atomic mass is 10.2. The molecule has 0 atom stereocenters. The fourth-order valence-electron chi connectivity index (χ4n) is 0.787. The molecule has 0 aromatic carbocycles. The predicted molar refractivity (Wildman–Crippen MR) is 35.6 cm³/mol. The van der Waals surface area contributed by atoms with Gasteiger partial charge in [0.25, 0.3) is 5.91 Å². The van der Waals surface area contributed by atoms with Gasteiger partial charge in [-0.25, -0.2) is 5.84 Å². The summed E-state index contributed by atoms with van der Waals surface area (Å²) in [7, 11) is 0. The van der Waals surface area contributed by atoms with Crippen molar-refractivity contribution >= 4 is 5.91 Å². The molecule has 1 aliphatic heterocycles. The minimum Gasteiger partial charge on any atom is -0.488 e. The minimum atomic E-state index is -0.347. The maximum absolute atomic E-state index is 10.7. The molecule has 0 spiro atoms. The molecule has 1 rings (SSSR count). The molecule has 0 radical (unpaired) electrons. The van der Waals surface area contributed by atoms with Crippen LogP contribution in [0.1, 0.15) is 12.8 Å². The number of hydrazine groups is 1. The highest BCUT2D eigenvalue weighted by molar-refractivity contribution is 5.90. The van der Waals surface area contributed by atoms with Crippen molar-refractivity contribution in [2.75, 3.05) is 6.61 Å². The van der Waals surface area contributed by atoms with Crippen LogP contribution in [-0.2, 0) is 9.53 Å². The average Bonchev–Trinajstić information content (AvgIpc) is 2.05. The van der Waals surface area contributed by atoms with Gasteiger partial charge in [0, 0.05) is 0 Å². The summed E-state index contributed by atoms with van der Waals surface area (Å²) in [5, 5.41) is 0. The molecule has 3 N–H and O–H groups in total. The standard InChI is InChI=1S/C6H10N2O2/c7-8-6(9)5-3-1-2-4-10-5/h3H,1-2,4,7H2,(H,8,9). The smallest absolute Gasteiger partial charge is 0.299 e. The second kappa shape index (κ2) is 3.22. The number of amides is 1. The van der Waals surface area contributed by atoms with Gasteiger partial charge in [0.1, 0.15) is 0 Å². The van der Waals surface area contributed by atoms with Crippen LogP contribution in [0, 0.1) is 0 Å². The number of hydrogen-bond donors (Lipinski definition) is 2. The van der Waals surface area contributed by atoms with E-state index >= 15 is 0 Å². The molecular formula is C6H10N2O2. The predicted octanol–water partition coefficient (Wildman–Crippen LogP) is -0.329. The molecule has 0 fully saturated rings. The topological polar surface area (TPSA) is 64.3 Å². The molecular weight excluding hydrogens is 132 g/mol. The zero-order valence-corrected chi connectivity index (χ0v) is 5.59. The van der Waals surface area contributed by atoms with E-state index in [2.05, 4.69) is 0 Å². The molecule has 10 heavy (non-hydrogen) atoms. The Morgan fingerprint density at radius 1 is 1.80 bits per heavy atom. The molecule has 1 heterocycles. The van der Waals surface area contributed by atoms with Crippen molar-refractivity contribution in [1.29, 1.82) is 0 Å². The summed E-state index contributed by atoms with van der Waals surface area (Å²) in [5.74, 6) is 4.88. The van der Waals surface area contributed by atoms with Gasteiger partial charge in [-0.05, 0) is 18.9 Å². The quantitative estimate of drug-likeness (QED) is 0.299. The first-order chi connectivity index (χ1) is 4.84. The molecule has 0 saturated heterocycles. The van der Waals surface area contributed by atoms with Crippen LogP contribution < -0.4 is 11.3 Å². The Morgan fingerprint density at radius 3 is 3.10 bits per heavy atom. The fourth-order valence-corrected chi connectivity index (χ4v) is 0.787. The highest BCUT2D eigenvalue weighted by Crippen LogP contribution is 2.08. The molecule has 1 amide bonds. The van der Waals surface area contributed by atoms with E-state index in [1.165, 1.54) is 0 Å². The van der Waals surface area contributed by atoms with E-state index in [-0.39, 0.29) is 5.91 Å². The number of nitrogens with two attached hydrogens (primary N) is 1. The first kappa shape index (κ1) is 7.08. The number of nitrogens with one attached hydrogen (secondary N) is 1. The number of hydrogen-bond acceptors (Lipinski definition) is 3. The maximum Gasteiger partial charge on any atom is 0.299 e. The van der Waals surface area contributed by atoms with Crippen molar-refractivity contribution in [1.82, 2.24) is 5.43 Å². The summed E-state index contributed by atoms with van der Waals surface area (Å²) in [6, 6.07) is 0. The first-order valence-corrected chi connectivity index (χ1v) is 3.18. The fraction of sp³-hybridized carbons (Fsp3) is 0.500. The number of carbonyl (C=O) groups excluding carboxylic acids is 1. The molecule has 0 unspecified atom stereocenters. The Morgan fingerprint density at radius 2 is 2.60 bits per heavy atom. The zero-order valence-electron chi connectivity index (χ0n) is 5.59. The lowest BCUT2D eigenvalue weighted by Gasteiger charge is -2.12. The molecule has 1 aliphatic rings. The summed E-state index contributed by atoms with van der Waals surface area (Å²) in [6.07, 6.45) is 3.61. The van der Waals surface area contributed by atoms with Crippen molar-refractivity contribution in [3.05, 3.63) is 11.8 Å². The molecule has 4 nitrogen and oxygen atoms in total. The van der Waals surface area contributed by atoms with E-state index in [1.54, 1.807) is 6.08 Å². The Bertz CT molecular complexity index is 165. The lowest BCUT2D eigenvalue weighted by molar-refractivity contribution is -0.121. The van der Waals surface area contributed by atoms with Gasteiger partial charge in [0.05, 0.1) is 6.61 Å². The Labute approximate surface area is 59.0 Å². The van der Waals surface area contributed by atoms with E-state index in [0.29, 0.717) is 12.4 Å². The largest absolute Gasteiger partial charge is 0.488 e. The molecule has 4 heteroatoms. The number of ether oxygens (including phenoxy) is 1. The van der Waals surface area contributed by atoms with Crippen LogP contribution >= 0.6 is 0 Å². The second-order valence-corrected chi connectivity index (χ2v) is 2.03. The maximum atomic E-state index is 10.7. The molecule has 0 aromatic rings. The first-order valence-electron chi connectivity index (χ1n) is 3.18. The number of rotatable bonds is 1. The second-order valence-electron chi connectivity index (χ2n) is 2.03. The van der Waals surface area contributed by atoms with E-state index in [0.717, 1.165) is 12.8 Å². The third kappa shape index (κ3) is 1.48.